The van der Waals surface area contributed by atoms with Crippen LogP contribution >= 0.6 is 27.5 Å². The molecule has 1 N–H and O–H groups in total. The number of rotatable bonds is 8. The molecule has 0 spiro atoms. The standard InChI is InChI=1S/C29H19BrClN3O6/c1-2-39-26-14-17(12-19(16-32)28(35)33-24-11-10-20(31)15-25(24)34(37)38)13-23(30)27(26)40-29(36)22-9-5-7-18-6-3-4-8-21(18)22/h3-15H,2H2,1H3,(H,33,35)/b19-12+. The molecule has 0 atom stereocenters. The molecular formula is C29H19BrClN3O6. The molecule has 1 amide bonds. The maximum atomic E-state index is 13.1. The number of carbonyl (C=O) groups excluding carboxylic acids is 2. The lowest BCUT2D eigenvalue weighted by Gasteiger charge is -2.14. The Kier molecular flexibility index (Phi) is 8.79. The second-order valence-electron chi connectivity index (χ2n) is 8.22. The second kappa shape index (κ2) is 12.4. The number of amides is 1. The van der Waals surface area contributed by atoms with Gasteiger partial charge in [0.05, 0.1) is 21.6 Å². The van der Waals surface area contributed by atoms with Crippen LogP contribution in [0.2, 0.25) is 5.02 Å². The fourth-order valence-corrected chi connectivity index (χ4v) is 4.56. The van der Waals surface area contributed by atoms with E-state index in [2.05, 4.69) is 21.2 Å². The summed E-state index contributed by atoms with van der Waals surface area (Å²) >= 11 is 9.22. The average molecular weight is 621 g/mol. The van der Waals surface area contributed by atoms with Gasteiger partial charge in [-0.05, 0) is 75.6 Å². The lowest BCUT2D eigenvalue weighted by Crippen LogP contribution is -2.14. The van der Waals surface area contributed by atoms with Crippen LogP contribution in [0, 0.1) is 21.4 Å². The minimum absolute atomic E-state index is 0.118. The first-order valence-corrected chi connectivity index (χ1v) is 12.9. The molecular weight excluding hydrogens is 602 g/mol. The van der Waals surface area contributed by atoms with Crippen LogP contribution in [0.5, 0.6) is 11.5 Å². The zero-order valence-electron chi connectivity index (χ0n) is 20.8. The number of esters is 1. The molecule has 9 nitrogen and oxygen atoms in total. The highest BCUT2D eigenvalue weighted by Crippen LogP contribution is 2.38. The van der Waals surface area contributed by atoms with Gasteiger partial charge >= 0.3 is 5.97 Å². The third kappa shape index (κ3) is 6.29. The van der Waals surface area contributed by atoms with E-state index in [4.69, 9.17) is 21.1 Å². The van der Waals surface area contributed by atoms with Crippen molar-refractivity contribution in [2.45, 2.75) is 6.92 Å². The molecule has 0 saturated heterocycles. The van der Waals surface area contributed by atoms with Gasteiger partial charge < -0.3 is 14.8 Å². The van der Waals surface area contributed by atoms with E-state index in [0.717, 1.165) is 16.8 Å². The fraction of sp³-hybridized carbons (Fsp3) is 0.0690. The zero-order valence-corrected chi connectivity index (χ0v) is 23.2. The quantitative estimate of drug-likeness (QED) is 0.0545. The molecule has 0 aliphatic heterocycles. The Hall–Kier alpha value is -4.72. The lowest BCUT2D eigenvalue weighted by molar-refractivity contribution is -0.383. The van der Waals surface area contributed by atoms with Crippen LogP contribution in [0.3, 0.4) is 0 Å². The SMILES string of the molecule is CCOc1cc(/C=C(\C#N)C(=O)Nc2ccc(Cl)cc2[N+](=O)[O-])cc(Br)c1OC(=O)c1cccc2ccccc12. The highest BCUT2D eigenvalue weighted by atomic mass is 79.9. The summed E-state index contributed by atoms with van der Waals surface area (Å²) in [4.78, 5) is 36.6. The van der Waals surface area contributed by atoms with E-state index in [1.807, 2.05) is 30.3 Å². The van der Waals surface area contributed by atoms with Gasteiger partial charge in [0.15, 0.2) is 11.5 Å². The number of nitro groups is 1. The molecule has 0 saturated carbocycles. The first kappa shape index (κ1) is 28.3. The molecule has 40 heavy (non-hydrogen) atoms. The summed E-state index contributed by atoms with van der Waals surface area (Å²) in [7, 11) is 0. The first-order valence-electron chi connectivity index (χ1n) is 11.7. The van der Waals surface area contributed by atoms with Crippen molar-refractivity contribution in [3.63, 3.8) is 0 Å². The summed E-state index contributed by atoms with van der Waals surface area (Å²) in [5.41, 5.74) is -0.128. The smallest absolute Gasteiger partial charge is 0.344 e. The van der Waals surface area contributed by atoms with E-state index in [-0.39, 0.29) is 34.4 Å². The number of hydrogen-bond acceptors (Lipinski definition) is 7. The maximum Gasteiger partial charge on any atom is 0.344 e. The number of hydrogen-bond donors (Lipinski definition) is 1. The summed E-state index contributed by atoms with van der Waals surface area (Å²) in [5.74, 6) is -1.14. The van der Waals surface area contributed by atoms with Gasteiger partial charge in [-0.1, -0.05) is 48.0 Å². The second-order valence-corrected chi connectivity index (χ2v) is 9.51. The Morgan fingerprint density at radius 1 is 1.12 bits per heavy atom. The average Bonchev–Trinajstić information content (AvgIpc) is 2.94. The van der Waals surface area contributed by atoms with E-state index < -0.39 is 22.5 Å². The van der Waals surface area contributed by atoms with Crippen LogP contribution in [0.1, 0.15) is 22.8 Å². The summed E-state index contributed by atoms with van der Waals surface area (Å²) in [6.45, 7) is 1.99. The van der Waals surface area contributed by atoms with Gasteiger partial charge in [0.1, 0.15) is 17.3 Å². The Labute approximate surface area is 241 Å². The van der Waals surface area contributed by atoms with Crippen molar-refractivity contribution < 1.29 is 24.0 Å². The molecule has 0 aliphatic carbocycles. The molecule has 4 rings (SSSR count). The molecule has 4 aromatic carbocycles. The van der Waals surface area contributed by atoms with Crippen molar-refractivity contribution in [1.82, 2.24) is 0 Å². The molecule has 0 heterocycles. The predicted molar refractivity (Wildman–Crippen MR) is 155 cm³/mol. The molecule has 0 aromatic heterocycles. The normalized spacial score (nSPS) is 11.0. The molecule has 4 aromatic rings. The lowest BCUT2D eigenvalue weighted by atomic mass is 10.0. The number of nitriles is 1. The molecule has 0 radical (unpaired) electrons. The molecule has 0 aliphatic rings. The molecule has 0 bridgehead atoms. The highest BCUT2D eigenvalue weighted by molar-refractivity contribution is 9.10. The predicted octanol–water partition coefficient (Wildman–Crippen LogP) is 7.33. The first-order chi connectivity index (χ1) is 19.2. The van der Waals surface area contributed by atoms with Gasteiger partial charge in [-0.15, -0.1) is 0 Å². The minimum Gasteiger partial charge on any atom is -0.490 e. The number of ether oxygens (including phenoxy) is 2. The van der Waals surface area contributed by atoms with Gasteiger partial charge in [0, 0.05) is 11.1 Å². The van der Waals surface area contributed by atoms with Gasteiger partial charge in [-0.2, -0.15) is 5.26 Å². The number of carbonyl (C=O) groups is 2. The van der Waals surface area contributed by atoms with Crippen LogP contribution in [-0.2, 0) is 4.79 Å². The van der Waals surface area contributed by atoms with Crippen molar-refractivity contribution >= 4 is 67.6 Å². The Morgan fingerprint density at radius 2 is 1.88 bits per heavy atom. The van der Waals surface area contributed by atoms with Gasteiger partial charge in [0.25, 0.3) is 11.6 Å². The van der Waals surface area contributed by atoms with E-state index >= 15 is 0 Å². The summed E-state index contributed by atoms with van der Waals surface area (Å²) in [5, 5.41) is 25.1. The van der Waals surface area contributed by atoms with Crippen molar-refractivity contribution in [3.05, 3.63) is 109 Å². The molecule has 0 fully saturated rings. The topological polar surface area (TPSA) is 132 Å². The number of anilines is 1. The van der Waals surface area contributed by atoms with Gasteiger partial charge in [0.2, 0.25) is 0 Å². The van der Waals surface area contributed by atoms with Crippen LogP contribution in [0.15, 0.2) is 82.8 Å². The summed E-state index contributed by atoms with van der Waals surface area (Å²) < 4.78 is 11.8. The van der Waals surface area contributed by atoms with Crippen molar-refractivity contribution in [1.29, 1.82) is 5.26 Å². The van der Waals surface area contributed by atoms with E-state index in [1.165, 1.54) is 24.3 Å². The van der Waals surface area contributed by atoms with E-state index in [1.54, 1.807) is 31.2 Å². The van der Waals surface area contributed by atoms with E-state index in [9.17, 15) is 25.0 Å². The Morgan fingerprint density at radius 3 is 2.60 bits per heavy atom. The van der Waals surface area contributed by atoms with Crippen molar-refractivity contribution in [2.75, 3.05) is 11.9 Å². The minimum atomic E-state index is -0.867. The van der Waals surface area contributed by atoms with Gasteiger partial charge in [-0.25, -0.2) is 4.79 Å². The third-order valence-electron chi connectivity index (χ3n) is 5.62. The fourth-order valence-electron chi connectivity index (χ4n) is 3.85. The number of halogens is 2. The number of benzene rings is 4. The van der Waals surface area contributed by atoms with Gasteiger partial charge in [-0.3, -0.25) is 14.9 Å². The summed E-state index contributed by atoms with van der Waals surface area (Å²) in [6.07, 6.45) is 1.28. The van der Waals surface area contributed by atoms with Crippen LogP contribution in [0.4, 0.5) is 11.4 Å². The molecule has 0 unspecified atom stereocenters. The van der Waals surface area contributed by atoms with E-state index in [0.29, 0.717) is 15.6 Å². The van der Waals surface area contributed by atoms with Crippen LogP contribution < -0.4 is 14.8 Å². The molecule has 11 heteroatoms. The highest BCUT2D eigenvalue weighted by Gasteiger charge is 2.21. The zero-order chi connectivity index (χ0) is 28.8. The third-order valence-corrected chi connectivity index (χ3v) is 6.44. The van der Waals surface area contributed by atoms with Crippen LogP contribution in [0.25, 0.3) is 16.8 Å². The Balaban J connectivity index is 1.65. The Bertz CT molecular complexity index is 1730. The largest absolute Gasteiger partial charge is 0.490 e. The monoisotopic (exact) mass is 619 g/mol. The number of nitrogens with zero attached hydrogens (tertiary/aromatic N) is 2. The van der Waals surface area contributed by atoms with Crippen molar-refractivity contribution in [3.8, 4) is 17.6 Å². The van der Waals surface area contributed by atoms with Crippen LogP contribution in [-0.4, -0.2) is 23.4 Å². The maximum absolute atomic E-state index is 13.1. The number of fused-ring (bicyclic) bond motifs is 1. The number of nitrogens with one attached hydrogen (secondary N) is 1. The summed E-state index contributed by atoms with van der Waals surface area (Å²) in [6, 6.07) is 21.3. The van der Waals surface area contributed by atoms with Crippen molar-refractivity contribution in [2.24, 2.45) is 0 Å². The molecule has 200 valence electrons. The number of nitro benzene ring substituents is 1.